The molecule has 0 radical (unpaired) electrons. The Morgan fingerprint density at radius 1 is 1.23 bits per heavy atom. The van der Waals surface area contributed by atoms with Crippen molar-refractivity contribution in [3.63, 3.8) is 0 Å². The summed E-state index contributed by atoms with van der Waals surface area (Å²) in [7, 11) is 0. The van der Waals surface area contributed by atoms with Gasteiger partial charge in [0.25, 0.3) is 0 Å². The average molecular weight is 542 g/mol. The van der Waals surface area contributed by atoms with E-state index in [1.165, 1.54) is 10.9 Å². The summed E-state index contributed by atoms with van der Waals surface area (Å²) in [6.45, 7) is 9.80. The summed E-state index contributed by atoms with van der Waals surface area (Å²) in [6, 6.07) is 0. The number of ether oxygens (including phenoxy) is 3. The van der Waals surface area contributed by atoms with E-state index in [0.29, 0.717) is 17.2 Å². The molecule has 1 fully saturated rings. The quantitative estimate of drug-likeness (QED) is 0.329. The van der Waals surface area contributed by atoms with Gasteiger partial charge >= 0.3 is 17.8 Å². The highest BCUT2D eigenvalue weighted by molar-refractivity contribution is 5.73. The van der Waals surface area contributed by atoms with E-state index in [0.717, 1.165) is 0 Å². The van der Waals surface area contributed by atoms with Gasteiger partial charge < -0.3 is 27.6 Å². The molecule has 0 spiro atoms. The molecule has 4 heterocycles. The first-order chi connectivity index (χ1) is 18.4. The van der Waals surface area contributed by atoms with Crippen LogP contribution in [-0.4, -0.2) is 49.4 Å². The number of fused-ring (bicyclic) bond motifs is 1. The molecule has 0 amide bonds. The van der Waals surface area contributed by atoms with Crippen LogP contribution in [0.1, 0.15) is 57.7 Å². The summed E-state index contributed by atoms with van der Waals surface area (Å²) in [5.74, 6) is 0.996. The van der Waals surface area contributed by atoms with Crippen molar-refractivity contribution in [2.24, 2.45) is 11.8 Å². The minimum Gasteiger partial charge on any atom is -0.461 e. The Kier molecular flexibility index (Phi) is 7.52. The molecular weight excluding hydrogens is 510 g/mol. The van der Waals surface area contributed by atoms with E-state index < -0.39 is 41.6 Å². The van der Waals surface area contributed by atoms with Crippen molar-refractivity contribution in [3.05, 3.63) is 39.8 Å². The Morgan fingerprint density at radius 2 is 1.92 bits per heavy atom. The summed E-state index contributed by atoms with van der Waals surface area (Å²) in [4.78, 5) is 45.2. The number of hydrogen-bond donors (Lipinski definition) is 1. The first kappa shape index (κ1) is 27.8. The number of rotatable bonds is 8. The smallest absolute Gasteiger partial charge is 0.461 e. The van der Waals surface area contributed by atoms with Crippen LogP contribution < -0.4 is 11.3 Å². The van der Waals surface area contributed by atoms with E-state index in [1.54, 1.807) is 46.1 Å². The van der Waals surface area contributed by atoms with Crippen molar-refractivity contribution in [1.29, 1.82) is 5.41 Å². The third kappa shape index (κ3) is 5.24. The zero-order valence-electron chi connectivity index (χ0n) is 22.6. The van der Waals surface area contributed by atoms with Crippen molar-refractivity contribution in [1.82, 2.24) is 19.1 Å². The highest BCUT2D eigenvalue weighted by atomic mass is 16.6. The van der Waals surface area contributed by atoms with E-state index in [9.17, 15) is 14.4 Å². The molecule has 0 unspecified atom stereocenters. The number of nitrogens with zero attached hydrogens (tertiary/aromatic N) is 4. The number of esters is 2. The second-order valence-electron chi connectivity index (χ2n) is 10.0. The molecule has 3 aromatic rings. The van der Waals surface area contributed by atoms with Gasteiger partial charge in [-0.05, 0) is 13.8 Å². The number of imidazole rings is 1. The molecule has 1 aliphatic rings. The van der Waals surface area contributed by atoms with Crippen molar-refractivity contribution in [2.45, 2.75) is 72.4 Å². The minimum absolute atomic E-state index is 0.0226. The number of aryl methyl sites for hydroxylation is 2. The van der Waals surface area contributed by atoms with Crippen molar-refractivity contribution < 1.29 is 32.6 Å². The van der Waals surface area contributed by atoms with Gasteiger partial charge in [0, 0.05) is 6.42 Å². The summed E-state index contributed by atoms with van der Waals surface area (Å²) >= 11 is 0. The highest BCUT2D eigenvalue weighted by Gasteiger charge is 2.52. The summed E-state index contributed by atoms with van der Waals surface area (Å²) in [5, 5.41) is 8.73. The van der Waals surface area contributed by atoms with Gasteiger partial charge in [-0.1, -0.05) is 33.6 Å². The molecule has 13 heteroatoms. The standard InChI is InChI=1S/C26H31N5O8/c1-8-26(11-35-23(32)13(2)3)18(38-24(33)14(4)5)9-19(39-26)31-12-28-20-21(27)30(16(7)29-22(20)31)10-17-15(6)36-25(34)37-17/h1,12-14,18-19,27H,9-11H2,2-7H3/t18-,19+,26+/m0/s1. The van der Waals surface area contributed by atoms with E-state index >= 15 is 0 Å². The lowest BCUT2D eigenvalue weighted by Crippen LogP contribution is -2.46. The Morgan fingerprint density at radius 3 is 2.51 bits per heavy atom. The van der Waals surface area contributed by atoms with Crippen molar-refractivity contribution in [2.75, 3.05) is 6.61 Å². The molecule has 1 N–H and O–H groups in total. The fourth-order valence-corrected chi connectivity index (χ4v) is 4.17. The molecule has 1 aliphatic heterocycles. The largest absolute Gasteiger partial charge is 0.519 e. The molecule has 13 nitrogen and oxygen atoms in total. The Labute approximate surface area is 223 Å². The maximum atomic E-state index is 12.5. The van der Waals surface area contributed by atoms with E-state index in [1.807, 2.05) is 0 Å². The maximum absolute atomic E-state index is 12.5. The molecule has 1 saturated heterocycles. The normalized spacial score (nSPS) is 21.0. The van der Waals surface area contributed by atoms with E-state index in [-0.39, 0.29) is 42.3 Å². The fraction of sp³-hybridized carbons (Fsp3) is 0.538. The van der Waals surface area contributed by atoms with Gasteiger partial charge in [-0.15, -0.1) is 6.42 Å². The van der Waals surface area contributed by atoms with Crippen LogP contribution in [-0.2, 0) is 30.3 Å². The third-order valence-electron chi connectivity index (χ3n) is 6.52. The van der Waals surface area contributed by atoms with Crippen LogP contribution in [0.25, 0.3) is 11.2 Å². The Hall–Kier alpha value is -4.18. The fourth-order valence-electron chi connectivity index (χ4n) is 4.17. The van der Waals surface area contributed by atoms with E-state index in [4.69, 9.17) is 34.9 Å². The first-order valence-electron chi connectivity index (χ1n) is 12.5. The highest BCUT2D eigenvalue weighted by Crippen LogP contribution is 2.40. The zero-order chi connectivity index (χ0) is 28.6. The summed E-state index contributed by atoms with van der Waals surface area (Å²) in [6.07, 6.45) is 5.77. The van der Waals surface area contributed by atoms with Crippen LogP contribution in [0.2, 0.25) is 0 Å². The van der Waals surface area contributed by atoms with Crippen molar-refractivity contribution >= 4 is 23.1 Å². The lowest BCUT2D eigenvalue weighted by molar-refractivity contribution is -0.170. The predicted molar refractivity (Wildman–Crippen MR) is 134 cm³/mol. The van der Waals surface area contributed by atoms with Crippen LogP contribution >= 0.6 is 0 Å². The molecule has 3 atom stereocenters. The second-order valence-corrected chi connectivity index (χ2v) is 10.0. The number of carbonyl (C=O) groups is 2. The number of carbonyl (C=O) groups excluding carboxylic acids is 2. The average Bonchev–Trinajstić information content (AvgIpc) is 3.55. The molecule has 3 aromatic heterocycles. The van der Waals surface area contributed by atoms with Crippen LogP contribution in [0.4, 0.5) is 0 Å². The summed E-state index contributed by atoms with van der Waals surface area (Å²) in [5.41, 5.74) is -0.924. The van der Waals surface area contributed by atoms with Gasteiger partial charge in [0.1, 0.15) is 36.0 Å². The molecule has 0 bridgehead atoms. The second kappa shape index (κ2) is 10.5. The zero-order valence-corrected chi connectivity index (χ0v) is 22.6. The molecule has 208 valence electrons. The van der Waals surface area contributed by atoms with Gasteiger partial charge in [-0.25, -0.2) is 14.8 Å². The van der Waals surface area contributed by atoms with Crippen molar-refractivity contribution in [3.8, 4) is 12.3 Å². The number of aromatic nitrogens is 4. The number of terminal acetylenes is 1. The molecular formula is C26H31N5O8. The van der Waals surface area contributed by atoms with Crippen LogP contribution in [0.15, 0.2) is 20.0 Å². The molecule has 0 aliphatic carbocycles. The Balaban J connectivity index is 1.70. The van der Waals surface area contributed by atoms with E-state index in [2.05, 4.69) is 15.9 Å². The number of nitrogens with one attached hydrogen (secondary N) is 1. The SMILES string of the molecule is C#C[C@]1(COC(=O)C(C)C)O[C@@H](n2cnc3c(=N)n(Cc4oc(=O)oc4C)c(C)nc32)C[C@@H]1OC(=O)C(C)C. The van der Waals surface area contributed by atoms with Crippen LogP contribution in [0.5, 0.6) is 0 Å². The molecule has 39 heavy (non-hydrogen) atoms. The predicted octanol–water partition coefficient (Wildman–Crippen LogP) is 1.98. The van der Waals surface area contributed by atoms with Crippen LogP contribution in [0, 0.1) is 43.4 Å². The Bertz CT molecular complexity index is 1570. The first-order valence-corrected chi connectivity index (χ1v) is 12.5. The van der Waals surface area contributed by atoms with Gasteiger partial charge in [-0.2, -0.15) is 0 Å². The molecule has 4 rings (SSSR count). The third-order valence-corrected chi connectivity index (χ3v) is 6.52. The van der Waals surface area contributed by atoms with Gasteiger partial charge in [0.05, 0.1) is 24.7 Å². The van der Waals surface area contributed by atoms with Crippen LogP contribution in [0.3, 0.4) is 0 Å². The lowest BCUT2D eigenvalue weighted by atomic mass is 9.98. The number of hydrogen-bond acceptors (Lipinski definition) is 11. The minimum atomic E-state index is -1.54. The monoisotopic (exact) mass is 541 g/mol. The topological polar surface area (TPSA) is 165 Å². The maximum Gasteiger partial charge on any atom is 0.519 e. The lowest BCUT2D eigenvalue weighted by Gasteiger charge is -2.29. The van der Waals surface area contributed by atoms with Gasteiger partial charge in [0.2, 0.25) is 5.60 Å². The molecule has 0 saturated carbocycles. The van der Waals surface area contributed by atoms with Gasteiger partial charge in [0.15, 0.2) is 16.9 Å². The molecule has 0 aromatic carbocycles. The summed E-state index contributed by atoms with van der Waals surface area (Å²) < 4.78 is 30.5. The van der Waals surface area contributed by atoms with Gasteiger partial charge in [-0.3, -0.25) is 19.6 Å².